The second-order valence-electron chi connectivity index (χ2n) is 3.49. The van der Waals surface area contributed by atoms with Crippen LogP contribution in [0.5, 0.6) is 0 Å². The number of fused-ring (bicyclic) bond motifs is 1. The molecule has 0 N–H and O–H groups in total. The maximum Gasteiger partial charge on any atom is 0.338 e. The summed E-state index contributed by atoms with van der Waals surface area (Å²) in [5.41, 5.74) is 0.757. The second-order valence-corrected chi connectivity index (χ2v) is 5.17. The number of hydrogen-bond donors (Lipinski definition) is 0. The van der Waals surface area contributed by atoms with Gasteiger partial charge in [0.2, 0.25) is 0 Å². The van der Waals surface area contributed by atoms with E-state index in [4.69, 9.17) is 9.15 Å². The molecule has 0 atom stereocenters. The van der Waals surface area contributed by atoms with Crippen LogP contribution in [-0.4, -0.2) is 13.1 Å². The van der Waals surface area contributed by atoms with Crippen LogP contribution >= 0.6 is 30.1 Å². The Labute approximate surface area is 138 Å². The number of methoxy groups -OCH3 is 1. The number of rotatable bonds is 1. The van der Waals surface area contributed by atoms with Crippen LogP contribution < -0.4 is 5.63 Å². The molecule has 6 heteroatoms. The Bertz CT molecular complexity index is 756. The van der Waals surface area contributed by atoms with Crippen LogP contribution in [0, 0.1) is 11.2 Å². The summed E-state index contributed by atoms with van der Waals surface area (Å²) in [6, 6.07) is 6.05. The number of hydrogen-bond acceptors (Lipinski definition) is 5. The molecular formula is C15H13IO4S. The zero-order valence-electron chi connectivity index (χ0n) is 11.7. The maximum atomic E-state index is 11.7. The third-order valence-corrected chi connectivity index (χ3v) is 3.22. The monoisotopic (exact) mass is 416 g/mol. The molecule has 1 aromatic heterocycles. The number of ether oxygens (including phenoxy) is 1. The van der Waals surface area contributed by atoms with Crippen LogP contribution in [0.3, 0.4) is 0 Å². The predicted octanol–water partition coefficient (Wildman–Crippen LogP) is 4.00. The second kappa shape index (κ2) is 8.74. The fourth-order valence-electron chi connectivity index (χ4n) is 1.61. The van der Waals surface area contributed by atoms with Crippen molar-refractivity contribution >= 4 is 47.1 Å². The zero-order chi connectivity index (χ0) is 15.8. The third-order valence-electron chi connectivity index (χ3n) is 2.38. The van der Waals surface area contributed by atoms with Crippen molar-refractivity contribution in [3.05, 3.63) is 45.8 Å². The van der Waals surface area contributed by atoms with Crippen LogP contribution in [-0.2, 0) is 4.74 Å². The Morgan fingerprint density at radius 3 is 2.67 bits per heavy atom. The first-order chi connectivity index (χ1) is 10.2. The number of carbonyl (C=O) groups excluding carboxylic acids is 1. The largest absolute Gasteiger partial charge is 0.465 e. The third kappa shape index (κ3) is 4.51. The minimum absolute atomic E-state index is 0.318. The highest BCUT2D eigenvalue weighted by Gasteiger charge is 2.13. The highest BCUT2D eigenvalue weighted by atomic mass is 127. The molecule has 110 valence electrons. The van der Waals surface area contributed by atoms with Crippen molar-refractivity contribution in [2.45, 2.75) is 13.8 Å². The predicted molar refractivity (Wildman–Crippen MR) is 93.7 cm³/mol. The minimum atomic E-state index is -0.496. The summed E-state index contributed by atoms with van der Waals surface area (Å²) >= 11 is 2.04. The van der Waals surface area contributed by atoms with Gasteiger partial charge in [-0.1, -0.05) is 19.8 Å². The van der Waals surface area contributed by atoms with Crippen molar-refractivity contribution in [1.82, 2.24) is 0 Å². The summed E-state index contributed by atoms with van der Waals surface area (Å²) in [6.45, 7) is 4.00. The van der Waals surface area contributed by atoms with Gasteiger partial charge in [0.1, 0.15) is 5.58 Å². The van der Waals surface area contributed by atoms with E-state index in [1.807, 2.05) is 35.1 Å². The summed E-state index contributed by atoms with van der Waals surface area (Å²) in [7, 11) is 2.62. The SMILES string of the molecule is CC.COC(=O)c1cc(C#CSI)cc2oc(=O)ccc12. The fraction of sp³-hybridized carbons (Fsp3) is 0.200. The molecule has 21 heavy (non-hydrogen) atoms. The Kier molecular flexibility index (Phi) is 7.32. The van der Waals surface area contributed by atoms with Gasteiger partial charge < -0.3 is 9.15 Å². The first-order valence-corrected chi connectivity index (χ1v) is 9.46. The summed E-state index contributed by atoms with van der Waals surface area (Å²) < 4.78 is 9.80. The van der Waals surface area contributed by atoms with E-state index in [1.54, 1.807) is 12.1 Å². The fourth-order valence-corrected chi connectivity index (χ4v) is 2.09. The highest BCUT2D eigenvalue weighted by Crippen LogP contribution is 2.21. The normalized spacial score (nSPS) is 9.14. The van der Waals surface area contributed by atoms with Crippen molar-refractivity contribution in [2.75, 3.05) is 7.11 Å². The van der Waals surface area contributed by atoms with E-state index < -0.39 is 11.6 Å². The summed E-state index contributed by atoms with van der Waals surface area (Å²) in [6.07, 6.45) is 0. The molecule has 1 aromatic carbocycles. The van der Waals surface area contributed by atoms with Crippen LogP contribution in [0.2, 0.25) is 0 Å². The van der Waals surface area contributed by atoms with Crippen LogP contribution in [0.25, 0.3) is 11.0 Å². The zero-order valence-corrected chi connectivity index (χ0v) is 14.7. The van der Waals surface area contributed by atoms with Gasteiger partial charge in [-0.2, -0.15) is 0 Å². The Morgan fingerprint density at radius 2 is 2.05 bits per heavy atom. The smallest absolute Gasteiger partial charge is 0.338 e. The molecular weight excluding hydrogens is 403 g/mol. The molecule has 4 nitrogen and oxygen atoms in total. The lowest BCUT2D eigenvalue weighted by Gasteiger charge is -2.04. The van der Waals surface area contributed by atoms with Crippen molar-refractivity contribution in [3.63, 3.8) is 0 Å². The van der Waals surface area contributed by atoms with E-state index in [0.717, 1.165) is 0 Å². The molecule has 2 rings (SSSR count). The van der Waals surface area contributed by atoms with Crippen LogP contribution in [0.15, 0.2) is 33.5 Å². The number of carbonyl (C=O) groups is 1. The number of halogens is 1. The molecule has 0 radical (unpaired) electrons. The summed E-state index contributed by atoms with van der Waals surface area (Å²) in [5, 5.41) is 3.34. The van der Waals surface area contributed by atoms with Gasteiger partial charge in [-0.25, -0.2) is 9.59 Å². The van der Waals surface area contributed by atoms with Gasteiger partial charge in [0.15, 0.2) is 0 Å². The molecule has 0 aliphatic heterocycles. The van der Waals surface area contributed by atoms with Gasteiger partial charge in [-0.05, 0) is 32.4 Å². The van der Waals surface area contributed by atoms with E-state index in [-0.39, 0.29) is 0 Å². The van der Waals surface area contributed by atoms with Gasteiger partial charge in [0.05, 0.1) is 12.7 Å². The summed E-state index contributed by atoms with van der Waals surface area (Å²) in [4.78, 5) is 23.0. The van der Waals surface area contributed by atoms with Gasteiger partial charge in [-0.15, -0.1) is 0 Å². The molecule has 1 heterocycles. The topological polar surface area (TPSA) is 56.5 Å². The maximum absolute atomic E-state index is 11.7. The highest BCUT2D eigenvalue weighted by molar-refractivity contribution is 14.2. The first kappa shape index (κ1) is 17.6. The molecule has 0 saturated carbocycles. The minimum Gasteiger partial charge on any atom is -0.465 e. The van der Waals surface area contributed by atoms with Gasteiger partial charge >= 0.3 is 11.6 Å². The van der Waals surface area contributed by atoms with E-state index >= 15 is 0 Å². The molecule has 0 unspecified atom stereocenters. The van der Waals surface area contributed by atoms with E-state index in [0.29, 0.717) is 22.1 Å². The van der Waals surface area contributed by atoms with Crippen molar-refractivity contribution in [1.29, 1.82) is 0 Å². The van der Waals surface area contributed by atoms with E-state index in [2.05, 4.69) is 11.2 Å². The van der Waals surface area contributed by atoms with Gasteiger partial charge in [-0.3, -0.25) is 0 Å². The molecule has 0 bridgehead atoms. The molecule has 0 saturated heterocycles. The molecule has 0 aliphatic carbocycles. The van der Waals surface area contributed by atoms with E-state index in [9.17, 15) is 9.59 Å². The average molecular weight is 416 g/mol. The molecule has 0 aliphatic rings. The van der Waals surface area contributed by atoms with Crippen LogP contribution in [0.1, 0.15) is 29.8 Å². The lowest BCUT2D eigenvalue weighted by atomic mass is 10.1. The average Bonchev–Trinajstić information content (AvgIpc) is 2.52. The van der Waals surface area contributed by atoms with Crippen molar-refractivity contribution in [2.24, 2.45) is 0 Å². The summed E-state index contributed by atoms with van der Waals surface area (Å²) in [5.74, 6) is 2.37. The van der Waals surface area contributed by atoms with Crippen molar-refractivity contribution < 1.29 is 13.9 Å². The molecule has 0 spiro atoms. The Balaban J connectivity index is 0.00000106. The number of benzene rings is 1. The number of esters is 1. The lowest BCUT2D eigenvalue weighted by molar-refractivity contribution is 0.0603. The standard InChI is InChI=1S/C13H7IO4S.C2H6/c1-17-13(16)10-6-8(4-5-19-14)7-11-9(10)2-3-12(15)18-11;1-2/h2-3,6-7H,1H3;1-2H3. The van der Waals surface area contributed by atoms with Crippen LogP contribution in [0.4, 0.5) is 0 Å². The van der Waals surface area contributed by atoms with Crippen molar-refractivity contribution in [3.8, 4) is 11.2 Å². The lowest BCUT2D eigenvalue weighted by Crippen LogP contribution is -2.04. The molecule has 0 amide bonds. The van der Waals surface area contributed by atoms with Gasteiger partial charge in [0.25, 0.3) is 0 Å². The molecule has 2 aromatic rings. The Hall–Kier alpha value is -1.46. The first-order valence-electron chi connectivity index (χ1n) is 6.10. The van der Waals surface area contributed by atoms with Gasteiger partial charge in [0, 0.05) is 38.2 Å². The quantitative estimate of drug-likeness (QED) is 0.305. The van der Waals surface area contributed by atoms with E-state index in [1.165, 1.54) is 28.2 Å². The Morgan fingerprint density at radius 1 is 1.33 bits per heavy atom. The molecule has 0 fully saturated rings.